The largest absolute Gasteiger partial charge is 0.341 e. The minimum absolute atomic E-state index is 0.0449. The molecule has 0 saturated carbocycles. The van der Waals surface area contributed by atoms with Crippen LogP contribution in [0.15, 0.2) is 36.0 Å². The average Bonchev–Trinajstić information content (AvgIpc) is 3.26. The summed E-state index contributed by atoms with van der Waals surface area (Å²) in [6.45, 7) is 4.34. The van der Waals surface area contributed by atoms with Gasteiger partial charge in [-0.3, -0.25) is 9.69 Å². The van der Waals surface area contributed by atoms with Crippen LogP contribution < -0.4 is 0 Å². The lowest BCUT2D eigenvalue weighted by Gasteiger charge is -2.25. The van der Waals surface area contributed by atoms with Crippen LogP contribution in [0.25, 0.3) is 0 Å². The van der Waals surface area contributed by atoms with Crippen LogP contribution in [0.1, 0.15) is 30.0 Å². The predicted octanol–water partition coefficient (Wildman–Crippen LogP) is 2.37. The summed E-state index contributed by atoms with van der Waals surface area (Å²) in [5, 5.41) is 2.03. The fourth-order valence-corrected chi connectivity index (χ4v) is 3.78. The minimum atomic E-state index is -0.0449. The smallest absolute Gasteiger partial charge is 0.230 e. The van der Waals surface area contributed by atoms with E-state index in [1.807, 2.05) is 35.4 Å². The average molecular weight is 330 g/mol. The highest BCUT2D eigenvalue weighted by Crippen LogP contribution is 2.25. The van der Waals surface area contributed by atoms with Crippen molar-refractivity contribution in [1.82, 2.24) is 19.8 Å². The Kier molecular flexibility index (Phi) is 5.03. The van der Waals surface area contributed by atoms with Gasteiger partial charge in [0.15, 0.2) is 0 Å². The molecule has 23 heavy (non-hydrogen) atoms. The first-order chi connectivity index (χ1) is 11.1. The highest BCUT2D eigenvalue weighted by atomic mass is 32.1. The van der Waals surface area contributed by atoms with E-state index in [4.69, 9.17) is 0 Å². The van der Waals surface area contributed by atoms with Crippen LogP contribution in [0.4, 0.5) is 0 Å². The van der Waals surface area contributed by atoms with Gasteiger partial charge in [0.2, 0.25) is 5.91 Å². The van der Waals surface area contributed by atoms with Gasteiger partial charge in [0, 0.05) is 36.4 Å². The van der Waals surface area contributed by atoms with Crippen LogP contribution in [-0.2, 0) is 11.3 Å². The van der Waals surface area contributed by atoms with E-state index in [0.29, 0.717) is 12.6 Å². The lowest BCUT2D eigenvalue weighted by molar-refractivity contribution is -0.131. The van der Waals surface area contributed by atoms with Crippen molar-refractivity contribution in [3.8, 4) is 0 Å². The van der Waals surface area contributed by atoms with Crippen molar-refractivity contribution in [3.05, 3.63) is 46.7 Å². The third-order valence-electron chi connectivity index (χ3n) is 4.45. The molecule has 0 aliphatic carbocycles. The van der Waals surface area contributed by atoms with Crippen molar-refractivity contribution in [2.45, 2.75) is 31.8 Å². The van der Waals surface area contributed by atoms with Gasteiger partial charge in [0.25, 0.3) is 0 Å². The topological polar surface area (TPSA) is 49.3 Å². The normalized spacial score (nSPS) is 19.3. The van der Waals surface area contributed by atoms with E-state index < -0.39 is 0 Å². The number of thiophene rings is 1. The summed E-state index contributed by atoms with van der Waals surface area (Å²) in [5.74, 6) is 1.02. The molecular formula is C17H22N4OS. The van der Waals surface area contributed by atoms with Crippen molar-refractivity contribution in [3.63, 3.8) is 0 Å². The standard InChI is InChI=1S/C17H22N4OS/c1-13(15-5-3-10-23-15)17(22)21-9-6-14(11-21)20(2)12-16-18-7-4-8-19-16/h3-5,7-8,10,13-14H,6,9,11-12H2,1-2H3/t13-,14+/m0/s1. The third-order valence-corrected chi connectivity index (χ3v) is 5.50. The van der Waals surface area contributed by atoms with Gasteiger partial charge in [-0.15, -0.1) is 11.3 Å². The van der Waals surface area contributed by atoms with E-state index in [9.17, 15) is 4.79 Å². The van der Waals surface area contributed by atoms with Crippen LogP contribution in [0, 0.1) is 0 Å². The molecule has 0 N–H and O–H groups in total. The van der Waals surface area contributed by atoms with Crippen molar-refractivity contribution in [1.29, 1.82) is 0 Å². The number of carbonyl (C=O) groups excluding carboxylic acids is 1. The Morgan fingerprint density at radius 1 is 1.43 bits per heavy atom. The van der Waals surface area contributed by atoms with E-state index in [0.717, 1.165) is 30.2 Å². The number of likely N-dealkylation sites (tertiary alicyclic amines) is 1. The maximum absolute atomic E-state index is 12.7. The molecule has 1 fully saturated rings. The van der Waals surface area contributed by atoms with Gasteiger partial charge in [-0.25, -0.2) is 9.97 Å². The summed E-state index contributed by atoms with van der Waals surface area (Å²) in [6, 6.07) is 6.24. The zero-order valence-electron chi connectivity index (χ0n) is 13.6. The van der Waals surface area contributed by atoms with Gasteiger partial charge in [-0.2, -0.15) is 0 Å². The first-order valence-electron chi connectivity index (χ1n) is 7.93. The maximum atomic E-state index is 12.7. The summed E-state index contributed by atoms with van der Waals surface area (Å²) in [5.41, 5.74) is 0. The second-order valence-corrected chi connectivity index (χ2v) is 7.02. The van der Waals surface area contributed by atoms with E-state index in [-0.39, 0.29) is 11.8 Å². The number of amides is 1. The second kappa shape index (κ2) is 7.19. The molecule has 2 atom stereocenters. The number of nitrogens with zero attached hydrogens (tertiary/aromatic N) is 4. The Labute approximate surface area is 141 Å². The summed E-state index contributed by atoms with van der Waals surface area (Å²) in [6.07, 6.45) is 4.54. The van der Waals surface area contributed by atoms with Crippen molar-refractivity contribution < 1.29 is 4.79 Å². The highest BCUT2D eigenvalue weighted by Gasteiger charge is 2.31. The van der Waals surface area contributed by atoms with Crippen molar-refractivity contribution >= 4 is 17.2 Å². The Morgan fingerprint density at radius 2 is 2.22 bits per heavy atom. The zero-order chi connectivity index (χ0) is 16.2. The summed E-state index contributed by atoms with van der Waals surface area (Å²) in [4.78, 5) is 26.6. The SMILES string of the molecule is C[C@H](C(=O)N1CC[C@@H](N(C)Cc2ncccn2)C1)c1cccs1. The molecule has 122 valence electrons. The molecule has 0 radical (unpaired) electrons. The van der Waals surface area contributed by atoms with Crippen molar-refractivity contribution in [2.24, 2.45) is 0 Å². The molecule has 1 amide bonds. The molecule has 2 aromatic heterocycles. The van der Waals surface area contributed by atoms with Gasteiger partial charge >= 0.3 is 0 Å². The van der Waals surface area contributed by atoms with Gasteiger partial charge in [0.1, 0.15) is 5.82 Å². The molecule has 1 aliphatic heterocycles. The molecule has 0 bridgehead atoms. The van der Waals surface area contributed by atoms with Crippen molar-refractivity contribution in [2.75, 3.05) is 20.1 Å². The van der Waals surface area contributed by atoms with E-state index in [2.05, 4.69) is 21.9 Å². The molecule has 5 nitrogen and oxygen atoms in total. The monoisotopic (exact) mass is 330 g/mol. The lowest BCUT2D eigenvalue weighted by Crippen LogP contribution is -2.37. The molecular weight excluding hydrogens is 308 g/mol. The number of carbonyl (C=O) groups is 1. The first-order valence-corrected chi connectivity index (χ1v) is 8.81. The van der Waals surface area contributed by atoms with E-state index >= 15 is 0 Å². The molecule has 2 aromatic rings. The van der Waals surface area contributed by atoms with Gasteiger partial charge in [-0.1, -0.05) is 6.07 Å². The van der Waals surface area contributed by atoms with E-state index in [1.54, 1.807) is 23.7 Å². The quantitative estimate of drug-likeness (QED) is 0.844. The Morgan fingerprint density at radius 3 is 2.91 bits per heavy atom. The molecule has 1 aliphatic rings. The molecule has 6 heteroatoms. The Hall–Kier alpha value is -1.79. The number of hydrogen-bond donors (Lipinski definition) is 0. The van der Waals surface area contributed by atoms with Crippen LogP contribution in [0.5, 0.6) is 0 Å². The van der Waals surface area contributed by atoms with Crippen LogP contribution >= 0.6 is 11.3 Å². The molecule has 1 saturated heterocycles. The third kappa shape index (κ3) is 3.76. The fraction of sp³-hybridized carbons (Fsp3) is 0.471. The molecule has 0 aromatic carbocycles. The highest BCUT2D eigenvalue weighted by molar-refractivity contribution is 7.10. The zero-order valence-corrected chi connectivity index (χ0v) is 14.4. The number of hydrogen-bond acceptors (Lipinski definition) is 5. The molecule has 3 heterocycles. The number of rotatable bonds is 5. The summed E-state index contributed by atoms with van der Waals surface area (Å²) >= 11 is 1.65. The Balaban J connectivity index is 1.56. The Bertz CT molecular complexity index is 631. The van der Waals surface area contributed by atoms with Gasteiger partial charge in [-0.05, 0) is 37.9 Å². The van der Waals surface area contributed by atoms with Gasteiger partial charge in [0.05, 0.1) is 12.5 Å². The summed E-state index contributed by atoms with van der Waals surface area (Å²) in [7, 11) is 2.08. The first kappa shape index (κ1) is 16.1. The molecule has 0 spiro atoms. The number of likely N-dealkylation sites (N-methyl/N-ethyl adjacent to an activating group) is 1. The van der Waals surface area contributed by atoms with Gasteiger partial charge < -0.3 is 4.90 Å². The summed E-state index contributed by atoms with van der Waals surface area (Å²) < 4.78 is 0. The predicted molar refractivity (Wildman–Crippen MR) is 91.2 cm³/mol. The van der Waals surface area contributed by atoms with Crippen LogP contribution in [0.3, 0.4) is 0 Å². The van der Waals surface area contributed by atoms with Crippen LogP contribution in [0.2, 0.25) is 0 Å². The minimum Gasteiger partial charge on any atom is -0.341 e. The second-order valence-electron chi connectivity index (χ2n) is 6.04. The lowest BCUT2D eigenvalue weighted by atomic mass is 10.1. The maximum Gasteiger partial charge on any atom is 0.230 e. The van der Waals surface area contributed by atoms with E-state index in [1.165, 1.54) is 0 Å². The fourth-order valence-electron chi connectivity index (χ4n) is 3.00. The molecule has 0 unspecified atom stereocenters. The number of aromatic nitrogens is 2. The molecule has 3 rings (SSSR count). The van der Waals surface area contributed by atoms with Crippen LogP contribution in [-0.4, -0.2) is 51.9 Å².